The Balaban J connectivity index is 0.000000584. The predicted octanol–water partition coefficient (Wildman–Crippen LogP) is 7.33. The summed E-state index contributed by atoms with van der Waals surface area (Å²) in [6, 6.07) is 18.2. The summed E-state index contributed by atoms with van der Waals surface area (Å²) in [5, 5.41) is 9.31. The van der Waals surface area contributed by atoms with E-state index in [-0.39, 0.29) is 44.2 Å². The second-order valence-corrected chi connectivity index (χ2v) is 6.97. The Morgan fingerprint density at radius 1 is 0.906 bits per heavy atom. The van der Waals surface area contributed by atoms with Crippen molar-refractivity contribution in [3.05, 3.63) is 101 Å². The second-order valence-electron chi connectivity index (χ2n) is 6.16. The number of hydrogen-bond acceptors (Lipinski definition) is 3. The van der Waals surface area contributed by atoms with Crippen LogP contribution in [0.2, 0.25) is 10.0 Å². The Morgan fingerprint density at radius 3 is 2.09 bits per heavy atom. The van der Waals surface area contributed by atoms with Crippen LogP contribution in [0, 0.1) is 7.43 Å². The molecule has 0 bridgehead atoms. The number of benzene rings is 3. The van der Waals surface area contributed by atoms with Crippen LogP contribution in [0.5, 0.6) is 11.5 Å². The van der Waals surface area contributed by atoms with Gasteiger partial charge in [0, 0.05) is 26.0 Å². The molecular weight excluding hydrogens is 559 g/mol. The van der Waals surface area contributed by atoms with Crippen molar-refractivity contribution < 1.29 is 48.2 Å². The molecule has 0 aliphatic carbocycles. The van der Waals surface area contributed by atoms with Gasteiger partial charge in [-0.1, -0.05) is 59.6 Å². The molecule has 0 heterocycles. The first-order valence-electron chi connectivity index (χ1n) is 8.63. The maximum Gasteiger partial charge on any atom is 0.393 e. The van der Waals surface area contributed by atoms with E-state index in [1.54, 1.807) is 18.2 Å². The van der Waals surface area contributed by atoms with Crippen LogP contribution in [0.4, 0.5) is 13.2 Å². The third-order valence-electron chi connectivity index (χ3n) is 3.75. The first kappa shape index (κ1) is 30.0. The number of ether oxygens (including phenoxy) is 1. The Morgan fingerprint density at radius 2 is 1.56 bits per heavy atom. The fourth-order valence-corrected chi connectivity index (χ4v) is 2.78. The molecule has 9 heteroatoms. The van der Waals surface area contributed by atoms with Crippen molar-refractivity contribution >= 4 is 29.5 Å². The summed E-state index contributed by atoms with van der Waals surface area (Å²) in [5.41, 5.74) is 1.65. The van der Waals surface area contributed by atoms with Crippen LogP contribution in [0.1, 0.15) is 21.5 Å². The molecule has 0 saturated carbocycles. The van der Waals surface area contributed by atoms with Crippen LogP contribution < -0.4 is 4.74 Å². The normalized spacial score (nSPS) is 10.0. The van der Waals surface area contributed by atoms with Gasteiger partial charge in [0.25, 0.3) is 0 Å². The number of alkyl halides is 3. The molecule has 0 fully saturated rings. The predicted molar refractivity (Wildman–Crippen MR) is 117 cm³/mol. The second kappa shape index (κ2) is 14.2. The standard InChI is InChI=1S/C14H11ClO2.C8H6ClF3O.CH3.Pd/c15-13-8-12(9-16)6-7-14(13)17-10-11-4-2-1-3-5-11;9-6-3-5(1-2-7(6)13)4-8(10,11)12;;/h1-9H,10H2;1-3,13H,4H2;1H3;/q;;-1;. The third-order valence-corrected chi connectivity index (χ3v) is 4.34. The van der Waals surface area contributed by atoms with Gasteiger partial charge in [-0.3, -0.25) is 4.79 Å². The average molecular weight is 579 g/mol. The Labute approximate surface area is 208 Å². The van der Waals surface area contributed by atoms with Gasteiger partial charge in [-0.2, -0.15) is 13.2 Å². The fraction of sp³-hybridized carbons (Fsp3) is 0.130. The van der Waals surface area contributed by atoms with Gasteiger partial charge in [0.15, 0.2) is 0 Å². The zero-order valence-electron chi connectivity index (χ0n) is 16.8. The van der Waals surface area contributed by atoms with E-state index in [0.29, 0.717) is 22.9 Å². The number of carbonyl (C=O) groups is 1. The number of phenols is 1. The average Bonchev–Trinajstić information content (AvgIpc) is 2.70. The van der Waals surface area contributed by atoms with E-state index in [0.717, 1.165) is 24.0 Å². The van der Waals surface area contributed by atoms with Crippen LogP contribution in [0.3, 0.4) is 0 Å². The maximum atomic E-state index is 11.9. The molecule has 0 aliphatic heterocycles. The Kier molecular flexibility index (Phi) is 13.3. The van der Waals surface area contributed by atoms with E-state index in [1.807, 2.05) is 30.3 Å². The van der Waals surface area contributed by atoms with E-state index in [9.17, 15) is 18.0 Å². The van der Waals surface area contributed by atoms with Crippen molar-refractivity contribution in [2.75, 3.05) is 0 Å². The van der Waals surface area contributed by atoms with Gasteiger partial charge in [0.1, 0.15) is 24.4 Å². The summed E-state index contributed by atoms with van der Waals surface area (Å²) < 4.78 is 41.2. The first-order chi connectivity index (χ1) is 14.2. The summed E-state index contributed by atoms with van der Waals surface area (Å²) in [5.74, 6) is 0.369. The van der Waals surface area contributed by atoms with Gasteiger partial charge in [-0.15, -0.1) is 0 Å². The molecule has 0 unspecified atom stereocenters. The van der Waals surface area contributed by atoms with Crippen molar-refractivity contribution in [2.24, 2.45) is 0 Å². The van der Waals surface area contributed by atoms with Crippen molar-refractivity contribution in [3.63, 3.8) is 0 Å². The molecule has 0 radical (unpaired) electrons. The smallest absolute Gasteiger partial charge is 0.393 e. The summed E-state index contributed by atoms with van der Waals surface area (Å²) in [6.07, 6.45) is -4.53. The van der Waals surface area contributed by atoms with Gasteiger partial charge in [0.2, 0.25) is 0 Å². The van der Waals surface area contributed by atoms with Crippen LogP contribution in [0.15, 0.2) is 66.7 Å². The molecule has 0 aliphatic rings. The maximum absolute atomic E-state index is 11.9. The number of hydrogen-bond donors (Lipinski definition) is 1. The van der Waals surface area contributed by atoms with E-state index >= 15 is 0 Å². The van der Waals surface area contributed by atoms with E-state index in [4.69, 9.17) is 33.0 Å². The molecule has 0 atom stereocenters. The molecule has 0 spiro atoms. The van der Waals surface area contributed by atoms with E-state index in [1.165, 1.54) is 6.07 Å². The quantitative estimate of drug-likeness (QED) is 0.196. The molecule has 3 nitrogen and oxygen atoms in total. The zero-order chi connectivity index (χ0) is 22.1. The molecule has 32 heavy (non-hydrogen) atoms. The molecular formula is C23H20Cl2F3O3Pd-. The summed E-state index contributed by atoms with van der Waals surface area (Å²) >= 11 is 11.4. The van der Waals surface area contributed by atoms with Crippen molar-refractivity contribution in [1.82, 2.24) is 0 Å². The summed E-state index contributed by atoms with van der Waals surface area (Å²) in [7, 11) is 0. The molecule has 3 aromatic rings. The Hall–Kier alpha value is -2.04. The number of rotatable bonds is 5. The van der Waals surface area contributed by atoms with Crippen LogP contribution >= 0.6 is 23.2 Å². The van der Waals surface area contributed by atoms with Gasteiger partial charge in [0.05, 0.1) is 16.5 Å². The van der Waals surface area contributed by atoms with Gasteiger partial charge >= 0.3 is 6.18 Å². The minimum Gasteiger partial charge on any atom is -0.506 e. The summed E-state index contributed by atoms with van der Waals surface area (Å²) in [6.45, 7) is 0.459. The van der Waals surface area contributed by atoms with Crippen LogP contribution in [0.25, 0.3) is 0 Å². The van der Waals surface area contributed by atoms with Crippen molar-refractivity contribution in [2.45, 2.75) is 19.2 Å². The van der Waals surface area contributed by atoms with Gasteiger partial charge < -0.3 is 17.3 Å². The molecule has 176 valence electrons. The van der Waals surface area contributed by atoms with Gasteiger partial charge in [-0.05, 0) is 41.5 Å². The molecule has 0 amide bonds. The van der Waals surface area contributed by atoms with Crippen molar-refractivity contribution in [1.29, 1.82) is 0 Å². The fourth-order valence-electron chi connectivity index (χ4n) is 2.33. The number of aldehydes is 1. The summed E-state index contributed by atoms with van der Waals surface area (Å²) in [4.78, 5) is 10.5. The van der Waals surface area contributed by atoms with E-state index in [2.05, 4.69) is 0 Å². The number of aromatic hydroxyl groups is 1. The number of halogens is 5. The molecule has 1 N–H and O–H groups in total. The van der Waals surface area contributed by atoms with Gasteiger partial charge in [-0.25, -0.2) is 0 Å². The molecule has 3 rings (SSSR count). The molecule has 0 saturated heterocycles. The molecule has 0 aromatic heterocycles. The SMILES string of the molecule is O=Cc1ccc(OCc2ccccc2)c(Cl)c1.Oc1ccc(CC(F)(F)F)cc1Cl.[CH3-].[Pd]. The zero-order valence-corrected chi connectivity index (χ0v) is 19.9. The largest absolute Gasteiger partial charge is 0.506 e. The first-order valence-corrected chi connectivity index (χ1v) is 9.39. The number of phenolic OH excluding ortho intramolecular Hbond substituents is 1. The topological polar surface area (TPSA) is 46.5 Å². The van der Waals surface area contributed by atoms with Crippen molar-refractivity contribution in [3.8, 4) is 11.5 Å². The molecule has 3 aromatic carbocycles. The minimum atomic E-state index is -4.25. The minimum absolute atomic E-state index is 0. The third kappa shape index (κ3) is 10.5. The Bertz CT molecular complexity index is 984. The van der Waals surface area contributed by atoms with E-state index < -0.39 is 12.6 Å². The van der Waals surface area contributed by atoms with Crippen LogP contribution in [-0.2, 0) is 33.5 Å². The van der Waals surface area contributed by atoms with Crippen LogP contribution in [-0.4, -0.2) is 17.6 Å². The monoisotopic (exact) mass is 577 g/mol. The number of carbonyl (C=O) groups excluding carboxylic acids is 1.